The van der Waals surface area contributed by atoms with Crippen molar-refractivity contribution in [2.45, 2.75) is 45.7 Å². The molecule has 116 valence electrons. The van der Waals surface area contributed by atoms with Crippen molar-refractivity contribution in [1.82, 2.24) is 10.6 Å². The molecule has 5 heteroatoms. The van der Waals surface area contributed by atoms with Crippen molar-refractivity contribution in [3.63, 3.8) is 0 Å². The van der Waals surface area contributed by atoms with Gasteiger partial charge in [0.25, 0.3) is 0 Å². The van der Waals surface area contributed by atoms with Gasteiger partial charge in [-0.2, -0.15) is 0 Å². The Morgan fingerprint density at radius 3 is 2.71 bits per heavy atom. The van der Waals surface area contributed by atoms with Crippen LogP contribution >= 0.6 is 0 Å². The van der Waals surface area contributed by atoms with E-state index in [2.05, 4.69) is 17.6 Å². The monoisotopic (exact) mass is 292 g/mol. The molecule has 1 atom stereocenters. The highest BCUT2D eigenvalue weighted by molar-refractivity contribution is 5.76. The summed E-state index contributed by atoms with van der Waals surface area (Å²) in [6.45, 7) is 8.93. The molecule has 0 aromatic heterocycles. The molecule has 0 saturated carbocycles. The topological polar surface area (TPSA) is 59.6 Å². The summed E-state index contributed by atoms with van der Waals surface area (Å²) in [7, 11) is 0. The molecule has 1 heterocycles. The Labute approximate surface area is 126 Å². The first-order valence-electron chi connectivity index (χ1n) is 7.29. The van der Waals surface area contributed by atoms with Gasteiger partial charge in [-0.15, -0.1) is 0 Å². The van der Waals surface area contributed by atoms with Crippen LogP contribution in [-0.4, -0.2) is 24.8 Å². The van der Waals surface area contributed by atoms with E-state index in [0.717, 1.165) is 17.1 Å². The molecule has 2 rings (SSSR count). The number of carbonyl (C=O) groups excluding carboxylic acids is 1. The summed E-state index contributed by atoms with van der Waals surface area (Å²) >= 11 is 0. The molecule has 0 saturated heterocycles. The fraction of sp³-hybridized carbons (Fsp3) is 0.562. The van der Waals surface area contributed by atoms with E-state index in [4.69, 9.17) is 9.47 Å². The smallest absolute Gasteiger partial charge is 0.231 e. The fourth-order valence-corrected chi connectivity index (χ4v) is 2.18. The minimum Gasteiger partial charge on any atom is -0.454 e. The number of amides is 1. The highest BCUT2D eigenvalue weighted by atomic mass is 16.7. The number of ether oxygens (including phenoxy) is 2. The zero-order valence-electron chi connectivity index (χ0n) is 13.2. The van der Waals surface area contributed by atoms with E-state index in [0.29, 0.717) is 13.0 Å². The highest BCUT2D eigenvalue weighted by Crippen LogP contribution is 2.34. The van der Waals surface area contributed by atoms with Gasteiger partial charge in [-0.3, -0.25) is 4.79 Å². The summed E-state index contributed by atoms with van der Waals surface area (Å²) in [5.41, 5.74) is 0.940. The van der Waals surface area contributed by atoms with Crippen molar-refractivity contribution in [2.75, 3.05) is 13.3 Å². The van der Waals surface area contributed by atoms with Crippen LogP contribution in [-0.2, 0) is 4.79 Å². The third-order valence-corrected chi connectivity index (χ3v) is 3.21. The Kier molecular flexibility index (Phi) is 4.73. The first kappa shape index (κ1) is 15.6. The van der Waals surface area contributed by atoms with Gasteiger partial charge in [0.2, 0.25) is 12.7 Å². The molecule has 1 amide bonds. The first-order chi connectivity index (χ1) is 9.85. The Bertz CT molecular complexity index is 509. The molecular formula is C16H24N2O3. The Balaban J connectivity index is 1.80. The molecule has 1 aromatic carbocycles. The van der Waals surface area contributed by atoms with Crippen molar-refractivity contribution >= 4 is 5.91 Å². The van der Waals surface area contributed by atoms with Gasteiger partial charge in [0.05, 0.1) is 0 Å². The Morgan fingerprint density at radius 1 is 1.29 bits per heavy atom. The number of benzene rings is 1. The lowest BCUT2D eigenvalue weighted by molar-refractivity contribution is -0.122. The van der Waals surface area contributed by atoms with Crippen molar-refractivity contribution in [1.29, 1.82) is 0 Å². The van der Waals surface area contributed by atoms with Crippen molar-refractivity contribution in [3.05, 3.63) is 23.8 Å². The fourth-order valence-electron chi connectivity index (χ4n) is 2.18. The van der Waals surface area contributed by atoms with Crippen LogP contribution in [0.15, 0.2) is 18.2 Å². The van der Waals surface area contributed by atoms with E-state index >= 15 is 0 Å². The highest BCUT2D eigenvalue weighted by Gasteiger charge is 2.16. The van der Waals surface area contributed by atoms with Crippen LogP contribution in [0, 0.1) is 0 Å². The lowest BCUT2D eigenvalue weighted by atomic mass is 10.1. The maximum atomic E-state index is 11.7. The average molecular weight is 292 g/mol. The zero-order valence-corrected chi connectivity index (χ0v) is 13.2. The number of rotatable bonds is 5. The summed E-state index contributed by atoms with van der Waals surface area (Å²) < 4.78 is 10.7. The second kappa shape index (κ2) is 6.35. The molecule has 2 N–H and O–H groups in total. The second-order valence-electron chi connectivity index (χ2n) is 6.34. The predicted octanol–water partition coefficient (Wildman–Crippen LogP) is 2.37. The van der Waals surface area contributed by atoms with E-state index in [-0.39, 0.29) is 24.3 Å². The van der Waals surface area contributed by atoms with Gasteiger partial charge < -0.3 is 20.1 Å². The Hall–Kier alpha value is -1.75. The van der Waals surface area contributed by atoms with Crippen LogP contribution in [0.5, 0.6) is 11.5 Å². The van der Waals surface area contributed by atoms with Crippen LogP contribution in [0.1, 0.15) is 45.7 Å². The van der Waals surface area contributed by atoms with Gasteiger partial charge in [0, 0.05) is 24.5 Å². The molecular weight excluding hydrogens is 268 g/mol. The standard InChI is InChI=1S/C16H24N2O3/c1-11(17-8-7-15(19)18-16(2,3)4)12-5-6-13-14(9-12)21-10-20-13/h5-6,9,11,17H,7-8,10H2,1-4H3,(H,18,19). The lowest BCUT2D eigenvalue weighted by Gasteiger charge is -2.21. The molecule has 0 radical (unpaired) electrons. The molecule has 0 aliphatic carbocycles. The summed E-state index contributed by atoms with van der Waals surface area (Å²) in [4.78, 5) is 11.7. The van der Waals surface area contributed by atoms with Crippen LogP contribution in [0.25, 0.3) is 0 Å². The number of hydrogen-bond acceptors (Lipinski definition) is 4. The van der Waals surface area contributed by atoms with Crippen molar-refractivity contribution in [3.8, 4) is 11.5 Å². The van der Waals surface area contributed by atoms with Crippen LogP contribution in [0.2, 0.25) is 0 Å². The first-order valence-corrected chi connectivity index (χ1v) is 7.29. The van der Waals surface area contributed by atoms with Gasteiger partial charge >= 0.3 is 0 Å². The van der Waals surface area contributed by atoms with E-state index in [1.807, 2.05) is 39.0 Å². The average Bonchev–Trinajstić information content (AvgIpc) is 2.83. The van der Waals surface area contributed by atoms with Gasteiger partial charge in [-0.05, 0) is 45.4 Å². The molecule has 1 aromatic rings. The summed E-state index contributed by atoms with van der Waals surface area (Å²) in [5.74, 6) is 1.63. The molecule has 21 heavy (non-hydrogen) atoms. The van der Waals surface area contributed by atoms with Gasteiger partial charge in [-0.1, -0.05) is 6.07 Å². The number of nitrogens with one attached hydrogen (secondary N) is 2. The Morgan fingerprint density at radius 2 is 2.00 bits per heavy atom. The molecule has 1 unspecified atom stereocenters. The van der Waals surface area contributed by atoms with Crippen molar-refractivity contribution in [2.24, 2.45) is 0 Å². The number of hydrogen-bond donors (Lipinski definition) is 2. The second-order valence-corrected chi connectivity index (χ2v) is 6.34. The van der Waals surface area contributed by atoms with E-state index in [9.17, 15) is 4.79 Å². The molecule has 1 aliphatic rings. The van der Waals surface area contributed by atoms with Gasteiger partial charge in [0.1, 0.15) is 0 Å². The predicted molar refractivity (Wildman–Crippen MR) is 81.5 cm³/mol. The molecule has 0 bridgehead atoms. The van der Waals surface area contributed by atoms with Crippen molar-refractivity contribution < 1.29 is 14.3 Å². The van der Waals surface area contributed by atoms with Crippen LogP contribution in [0.3, 0.4) is 0 Å². The normalized spacial score (nSPS) is 14.9. The molecule has 0 spiro atoms. The van der Waals surface area contributed by atoms with Crippen LogP contribution < -0.4 is 20.1 Å². The number of carbonyl (C=O) groups is 1. The quantitative estimate of drug-likeness (QED) is 0.874. The molecule has 5 nitrogen and oxygen atoms in total. The largest absolute Gasteiger partial charge is 0.454 e. The summed E-state index contributed by atoms with van der Waals surface area (Å²) in [6, 6.07) is 6.07. The van der Waals surface area contributed by atoms with Gasteiger partial charge in [0.15, 0.2) is 11.5 Å². The minimum atomic E-state index is -0.181. The van der Waals surface area contributed by atoms with E-state index < -0.39 is 0 Å². The minimum absolute atomic E-state index is 0.0629. The maximum absolute atomic E-state index is 11.7. The summed E-state index contributed by atoms with van der Waals surface area (Å²) in [5, 5.41) is 6.30. The lowest BCUT2D eigenvalue weighted by Crippen LogP contribution is -2.41. The molecule has 1 aliphatic heterocycles. The SMILES string of the molecule is CC(NCCC(=O)NC(C)(C)C)c1ccc2c(c1)OCO2. The summed E-state index contributed by atoms with van der Waals surface area (Å²) in [6.07, 6.45) is 0.464. The third-order valence-electron chi connectivity index (χ3n) is 3.21. The van der Waals surface area contributed by atoms with E-state index in [1.165, 1.54) is 0 Å². The van der Waals surface area contributed by atoms with Gasteiger partial charge in [-0.25, -0.2) is 0 Å². The van der Waals surface area contributed by atoms with E-state index in [1.54, 1.807) is 0 Å². The number of fused-ring (bicyclic) bond motifs is 1. The van der Waals surface area contributed by atoms with Crippen LogP contribution in [0.4, 0.5) is 0 Å². The molecule has 0 fully saturated rings. The third kappa shape index (κ3) is 4.63. The maximum Gasteiger partial charge on any atom is 0.231 e. The zero-order chi connectivity index (χ0) is 15.5.